The number of halogens is 2. The number of aromatic nitrogens is 1. The number of sulfonamides is 1. The number of ether oxygens (including phenoxy) is 1. The van der Waals surface area contributed by atoms with Crippen LogP contribution >= 0.6 is 11.6 Å². The standard InChI is InChI=1S/C18H13ClFN3O4S/c19-14-5-2-6-15(17(14)20)28(25,26)23-12-7-8-16(22-10-12)27-13-4-1-3-11(9-13)18(21)24/h1-10,23H,(H2,21,24). The van der Waals surface area contributed by atoms with Gasteiger partial charge in [0.05, 0.1) is 16.9 Å². The van der Waals surface area contributed by atoms with Crippen molar-refractivity contribution in [3.05, 3.63) is 77.2 Å². The van der Waals surface area contributed by atoms with Crippen LogP contribution in [-0.4, -0.2) is 19.3 Å². The van der Waals surface area contributed by atoms with Crippen LogP contribution in [0.1, 0.15) is 10.4 Å². The van der Waals surface area contributed by atoms with Gasteiger partial charge in [-0.05, 0) is 36.4 Å². The quantitative estimate of drug-likeness (QED) is 0.632. The van der Waals surface area contributed by atoms with Crippen LogP contribution in [0.4, 0.5) is 10.1 Å². The Kier molecular flexibility index (Phi) is 5.48. The normalized spacial score (nSPS) is 11.1. The van der Waals surface area contributed by atoms with Gasteiger partial charge in [0.25, 0.3) is 10.0 Å². The molecule has 0 aliphatic rings. The summed E-state index contributed by atoms with van der Waals surface area (Å²) in [6.45, 7) is 0. The van der Waals surface area contributed by atoms with E-state index in [-0.39, 0.29) is 22.2 Å². The minimum atomic E-state index is -4.20. The number of anilines is 1. The maximum absolute atomic E-state index is 14.0. The average Bonchev–Trinajstić information content (AvgIpc) is 2.65. The number of amides is 1. The zero-order chi connectivity index (χ0) is 20.3. The molecule has 1 aromatic heterocycles. The fraction of sp³-hybridized carbons (Fsp3) is 0. The lowest BCUT2D eigenvalue weighted by Crippen LogP contribution is -2.14. The number of benzene rings is 2. The summed E-state index contributed by atoms with van der Waals surface area (Å²) in [5, 5.41) is -0.303. The van der Waals surface area contributed by atoms with Gasteiger partial charge in [0.15, 0.2) is 5.82 Å². The van der Waals surface area contributed by atoms with Crippen molar-refractivity contribution in [3.63, 3.8) is 0 Å². The lowest BCUT2D eigenvalue weighted by atomic mass is 10.2. The zero-order valence-electron chi connectivity index (χ0n) is 14.1. The van der Waals surface area contributed by atoms with Crippen LogP contribution in [0.2, 0.25) is 5.02 Å². The molecule has 0 unspecified atom stereocenters. The predicted octanol–water partition coefficient (Wildman–Crippen LogP) is 3.57. The molecule has 0 saturated carbocycles. The Morgan fingerprint density at radius 2 is 1.89 bits per heavy atom. The van der Waals surface area contributed by atoms with E-state index in [0.717, 1.165) is 6.07 Å². The molecule has 2 aromatic carbocycles. The monoisotopic (exact) mass is 421 g/mol. The number of carbonyl (C=O) groups is 1. The van der Waals surface area contributed by atoms with Gasteiger partial charge >= 0.3 is 0 Å². The minimum Gasteiger partial charge on any atom is -0.439 e. The van der Waals surface area contributed by atoms with E-state index in [1.54, 1.807) is 12.1 Å². The van der Waals surface area contributed by atoms with E-state index in [2.05, 4.69) is 9.71 Å². The van der Waals surface area contributed by atoms with Gasteiger partial charge in [-0.1, -0.05) is 23.7 Å². The van der Waals surface area contributed by atoms with E-state index in [0.29, 0.717) is 5.75 Å². The topological polar surface area (TPSA) is 111 Å². The first-order chi connectivity index (χ1) is 13.3. The Morgan fingerprint density at radius 1 is 1.14 bits per heavy atom. The van der Waals surface area contributed by atoms with Crippen LogP contribution in [0, 0.1) is 5.82 Å². The summed E-state index contributed by atoms with van der Waals surface area (Å²) in [6.07, 6.45) is 1.20. The van der Waals surface area contributed by atoms with Gasteiger partial charge < -0.3 is 10.5 Å². The summed E-state index contributed by atoms with van der Waals surface area (Å²) in [5.74, 6) is -1.16. The van der Waals surface area contributed by atoms with Crippen molar-refractivity contribution in [2.45, 2.75) is 4.90 Å². The maximum atomic E-state index is 14.0. The summed E-state index contributed by atoms with van der Waals surface area (Å²) in [4.78, 5) is 14.6. The van der Waals surface area contributed by atoms with Gasteiger partial charge in [-0.3, -0.25) is 9.52 Å². The van der Waals surface area contributed by atoms with Gasteiger partial charge in [0, 0.05) is 11.6 Å². The van der Waals surface area contributed by atoms with Crippen molar-refractivity contribution in [1.82, 2.24) is 4.98 Å². The SMILES string of the molecule is NC(=O)c1cccc(Oc2ccc(NS(=O)(=O)c3cccc(Cl)c3F)cn2)c1. The molecule has 0 aliphatic carbocycles. The lowest BCUT2D eigenvalue weighted by molar-refractivity contribution is 0.1000. The Balaban J connectivity index is 1.77. The predicted molar refractivity (Wildman–Crippen MR) is 101 cm³/mol. The van der Waals surface area contributed by atoms with E-state index in [1.807, 2.05) is 0 Å². The molecule has 0 radical (unpaired) electrons. The summed E-state index contributed by atoms with van der Waals surface area (Å²) in [5.41, 5.74) is 5.58. The number of nitrogens with zero attached hydrogens (tertiary/aromatic N) is 1. The Morgan fingerprint density at radius 3 is 2.57 bits per heavy atom. The van der Waals surface area contributed by atoms with Crippen molar-refractivity contribution in [2.24, 2.45) is 5.73 Å². The molecule has 7 nitrogen and oxygen atoms in total. The number of hydrogen-bond acceptors (Lipinski definition) is 5. The fourth-order valence-electron chi connectivity index (χ4n) is 2.24. The molecule has 0 spiro atoms. The highest BCUT2D eigenvalue weighted by molar-refractivity contribution is 7.92. The smallest absolute Gasteiger partial charge is 0.264 e. The molecule has 1 amide bonds. The minimum absolute atomic E-state index is 0.0950. The second-order valence-corrected chi connectivity index (χ2v) is 7.59. The van der Waals surface area contributed by atoms with Crippen molar-refractivity contribution in [3.8, 4) is 11.6 Å². The fourth-order valence-corrected chi connectivity index (χ4v) is 3.61. The first kappa shape index (κ1) is 19.6. The molecule has 28 heavy (non-hydrogen) atoms. The van der Waals surface area contributed by atoms with Crippen molar-refractivity contribution >= 4 is 33.2 Å². The molecule has 3 N–H and O–H groups in total. The number of nitrogens with one attached hydrogen (secondary N) is 1. The lowest BCUT2D eigenvalue weighted by Gasteiger charge is -2.10. The molecule has 10 heteroatoms. The van der Waals surface area contributed by atoms with E-state index in [4.69, 9.17) is 22.1 Å². The van der Waals surface area contributed by atoms with Crippen molar-refractivity contribution < 1.29 is 22.3 Å². The molecule has 0 fully saturated rings. The third kappa shape index (κ3) is 4.38. The molecule has 0 bridgehead atoms. The summed E-state index contributed by atoms with van der Waals surface area (Å²) in [6, 6.07) is 12.7. The van der Waals surface area contributed by atoms with Gasteiger partial charge in [-0.2, -0.15) is 0 Å². The van der Waals surface area contributed by atoms with E-state index in [1.165, 1.54) is 42.6 Å². The highest BCUT2D eigenvalue weighted by Crippen LogP contribution is 2.25. The number of primary amides is 1. The number of pyridine rings is 1. The molecule has 1 heterocycles. The van der Waals surface area contributed by atoms with Gasteiger partial charge in [0.1, 0.15) is 10.6 Å². The van der Waals surface area contributed by atoms with Gasteiger partial charge in [-0.25, -0.2) is 17.8 Å². The highest BCUT2D eigenvalue weighted by atomic mass is 35.5. The van der Waals surface area contributed by atoms with Crippen molar-refractivity contribution in [1.29, 1.82) is 0 Å². The molecule has 144 valence electrons. The summed E-state index contributed by atoms with van der Waals surface area (Å²) < 4.78 is 46.4. The van der Waals surface area contributed by atoms with Crippen LogP contribution in [-0.2, 0) is 10.0 Å². The number of carbonyl (C=O) groups excluding carboxylic acids is 1. The summed E-state index contributed by atoms with van der Waals surface area (Å²) in [7, 11) is -4.20. The Bertz CT molecular complexity index is 1140. The number of rotatable bonds is 6. The molecular weight excluding hydrogens is 409 g/mol. The first-order valence-electron chi connectivity index (χ1n) is 7.77. The van der Waals surface area contributed by atoms with Gasteiger partial charge in [0.2, 0.25) is 11.8 Å². The third-order valence-electron chi connectivity index (χ3n) is 3.54. The molecule has 3 aromatic rings. The van der Waals surface area contributed by atoms with E-state index < -0.39 is 26.6 Å². The molecule has 0 saturated heterocycles. The zero-order valence-corrected chi connectivity index (χ0v) is 15.7. The van der Waals surface area contributed by atoms with Crippen LogP contribution in [0.25, 0.3) is 0 Å². The maximum Gasteiger partial charge on any atom is 0.264 e. The second kappa shape index (κ2) is 7.83. The second-order valence-electron chi connectivity index (χ2n) is 5.54. The number of hydrogen-bond donors (Lipinski definition) is 2. The molecular formula is C18H13ClFN3O4S. The van der Waals surface area contributed by atoms with E-state index in [9.17, 15) is 17.6 Å². The molecule has 0 atom stereocenters. The highest BCUT2D eigenvalue weighted by Gasteiger charge is 2.21. The largest absolute Gasteiger partial charge is 0.439 e. The van der Waals surface area contributed by atoms with Crippen LogP contribution < -0.4 is 15.2 Å². The molecule has 0 aliphatic heterocycles. The average molecular weight is 422 g/mol. The van der Waals surface area contributed by atoms with Gasteiger partial charge in [-0.15, -0.1) is 0 Å². The van der Waals surface area contributed by atoms with E-state index >= 15 is 0 Å². The molecule has 3 rings (SSSR count). The Hall–Kier alpha value is -3.17. The Labute approximate surface area is 165 Å². The van der Waals surface area contributed by atoms with Crippen LogP contribution in [0.3, 0.4) is 0 Å². The number of nitrogens with two attached hydrogens (primary N) is 1. The summed E-state index contributed by atoms with van der Waals surface area (Å²) >= 11 is 5.63. The third-order valence-corrected chi connectivity index (χ3v) is 5.23. The first-order valence-corrected chi connectivity index (χ1v) is 9.63. The van der Waals surface area contributed by atoms with Crippen molar-refractivity contribution in [2.75, 3.05) is 4.72 Å². The van der Waals surface area contributed by atoms with Crippen LogP contribution in [0.5, 0.6) is 11.6 Å². The van der Waals surface area contributed by atoms with Crippen LogP contribution in [0.15, 0.2) is 65.7 Å².